The lowest BCUT2D eigenvalue weighted by molar-refractivity contribution is 0.0963. The van der Waals surface area contributed by atoms with Gasteiger partial charge in [0.05, 0.1) is 11.3 Å². The fourth-order valence-electron chi connectivity index (χ4n) is 4.16. The van der Waals surface area contributed by atoms with Gasteiger partial charge in [-0.2, -0.15) is 0 Å². The van der Waals surface area contributed by atoms with Crippen molar-refractivity contribution in [2.75, 3.05) is 32.1 Å². The maximum atomic E-state index is 12.4. The number of carbonyl (C=O) groups excluding carboxylic acids is 1. The number of nitrogens with one attached hydrogen (secondary N) is 2. The molecule has 0 aliphatic carbocycles. The second-order valence-corrected chi connectivity index (χ2v) is 7.44. The second-order valence-electron chi connectivity index (χ2n) is 7.44. The van der Waals surface area contributed by atoms with Gasteiger partial charge in [0.25, 0.3) is 5.91 Å². The number of H-pyrrole nitrogens is 1. The van der Waals surface area contributed by atoms with Crippen molar-refractivity contribution in [1.82, 2.24) is 20.2 Å². The zero-order valence-corrected chi connectivity index (χ0v) is 16.5. The summed E-state index contributed by atoms with van der Waals surface area (Å²) in [6, 6.07) is 13.0. The Labute approximate surface area is 165 Å². The van der Waals surface area contributed by atoms with Crippen molar-refractivity contribution in [2.24, 2.45) is 0 Å². The van der Waals surface area contributed by atoms with Gasteiger partial charge < -0.3 is 15.2 Å². The van der Waals surface area contributed by atoms with E-state index in [1.807, 2.05) is 12.3 Å². The highest BCUT2D eigenvalue weighted by Crippen LogP contribution is 2.32. The van der Waals surface area contributed by atoms with Crippen molar-refractivity contribution in [1.29, 1.82) is 0 Å². The summed E-state index contributed by atoms with van der Waals surface area (Å²) in [5.74, 6) is -0.0982. The number of hydrogen-bond donors (Lipinski definition) is 2. The molecule has 146 valence electrons. The zero-order chi connectivity index (χ0) is 19.5. The molecule has 0 bridgehead atoms. The first-order valence-electron chi connectivity index (χ1n) is 9.84. The van der Waals surface area contributed by atoms with E-state index in [-0.39, 0.29) is 5.91 Å². The van der Waals surface area contributed by atoms with E-state index >= 15 is 0 Å². The first-order valence-corrected chi connectivity index (χ1v) is 9.84. The molecule has 0 unspecified atom stereocenters. The molecule has 2 N–H and O–H groups in total. The summed E-state index contributed by atoms with van der Waals surface area (Å²) in [5, 5.41) is 3.74. The van der Waals surface area contributed by atoms with E-state index in [0.29, 0.717) is 11.6 Å². The quantitative estimate of drug-likeness (QED) is 0.717. The van der Waals surface area contributed by atoms with Crippen LogP contribution in [0.15, 0.2) is 48.8 Å². The van der Waals surface area contributed by atoms with Gasteiger partial charge in [-0.25, -0.2) is 4.98 Å². The summed E-state index contributed by atoms with van der Waals surface area (Å²) in [7, 11) is 3.77. The molecule has 2 aromatic heterocycles. The Kier molecular flexibility index (Phi) is 5.30. The number of benzene rings is 1. The van der Waals surface area contributed by atoms with Gasteiger partial charge in [0.1, 0.15) is 5.65 Å². The van der Waals surface area contributed by atoms with Crippen molar-refractivity contribution >= 4 is 22.6 Å². The molecule has 6 nitrogen and oxygen atoms in total. The van der Waals surface area contributed by atoms with Gasteiger partial charge in [-0.1, -0.05) is 30.3 Å². The standard InChI is InChI=1S/C22H27N5O/c1-23-22(28)19-14-25-21-18(8-11-24-21)20(19)26(2)17-9-12-27(13-10-17)15-16-6-4-3-5-7-16/h3-8,11,14,17H,9-10,12-13,15H2,1-2H3,(H,23,28)(H,24,25). The zero-order valence-electron chi connectivity index (χ0n) is 16.5. The minimum Gasteiger partial charge on any atom is -0.370 e. The number of aromatic nitrogens is 2. The summed E-state index contributed by atoms with van der Waals surface area (Å²) in [5.41, 5.74) is 3.77. The van der Waals surface area contributed by atoms with Gasteiger partial charge in [-0.05, 0) is 24.5 Å². The molecule has 0 atom stereocenters. The van der Waals surface area contributed by atoms with Crippen LogP contribution in [0.25, 0.3) is 11.0 Å². The molecular formula is C22H27N5O. The number of piperidine rings is 1. The van der Waals surface area contributed by atoms with Crippen molar-refractivity contribution in [3.63, 3.8) is 0 Å². The predicted octanol–water partition coefficient (Wildman–Crippen LogP) is 3.02. The van der Waals surface area contributed by atoms with E-state index < -0.39 is 0 Å². The van der Waals surface area contributed by atoms with Crippen LogP contribution in [0, 0.1) is 0 Å². The normalized spacial score (nSPS) is 15.6. The van der Waals surface area contributed by atoms with Crippen molar-refractivity contribution < 1.29 is 4.79 Å². The fraction of sp³-hybridized carbons (Fsp3) is 0.364. The van der Waals surface area contributed by atoms with Crippen LogP contribution in [-0.4, -0.2) is 54.0 Å². The van der Waals surface area contributed by atoms with Crippen LogP contribution in [0.5, 0.6) is 0 Å². The van der Waals surface area contributed by atoms with Crippen LogP contribution in [-0.2, 0) is 6.54 Å². The monoisotopic (exact) mass is 377 g/mol. The second kappa shape index (κ2) is 8.02. The number of rotatable bonds is 5. The molecule has 3 heterocycles. The maximum Gasteiger partial charge on any atom is 0.254 e. The lowest BCUT2D eigenvalue weighted by Gasteiger charge is -2.38. The van der Waals surface area contributed by atoms with Gasteiger partial charge in [0.2, 0.25) is 0 Å². The van der Waals surface area contributed by atoms with Crippen LogP contribution in [0.3, 0.4) is 0 Å². The third-order valence-electron chi connectivity index (χ3n) is 5.74. The number of hydrogen-bond acceptors (Lipinski definition) is 4. The topological polar surface area (TPSA) is 64.3 Å². The predicted molar refractivity (Wildman–Crippen MR) is 113 cm³/mol. The molecule has 6 heteroatoms. The highest BCUT2D eigenvalue weighted by Gasteiger charge is 2.27. The Morgan fingerprint density at radius 2 is 2.00 bits per heavy atom. The van der Waals surface area contributed by atoms with Crippen LogP contribution in [0.1, 0.15) is 28.8 Å². The minimum atomic E-state index is -0.0982. The SMILES string of the molecule is CNC(=O)c1cnc2[nH]ccc2c1N(C)C1CCN(Cc2ccccc2)CC1. The smallest absolute Gasteiger partial charge is 0.254 e. The Hall–Kier alpha value is -2.86. The third-order valence-corrected chi connectivity index (χ3v) is 5.74. The number of likely N-dealkylation sites (tertiary alicyclic amines) is 1. The number of pyridine rings is 1. The number of nitrogens with zero attached hydrogens (tertiary/aromatic N) is 3. The highest BCUT2D eigenvalue weighted by atomic mass is 16.1. The van der Waals surface area contributed by atoms with Crippen molar-refractivity contribution in [3.05, 3.63) is 59.9 Å². The summed E-state index contributed by atoms with van der Waals surface area (Å²) in [6.45, 7) is 3.11. The van der Waals surface area contributed by atoms with E-state index in [4.69, 9.17) is 0 Å². The molecular weight excluding hydrogens is 350 g/mol. The summed E-state index contributed by atoms with van der Waals surface area (Å²) < 4.78 is 0. The summed E-state index contributed by atoms with van der Waals surface area (Å²) in [6.07, 6.45) is 5.70. The fourth-order valence-corrected chi connectivity index (χ4v) is 4.16. The van der Waals surface area contributed by atoms with E-state index in [9.17, 15) is 4.79 Å². The minimum absolute atomic E-state index is 0.0982. The first-order chi connectivity index (χ1) is 13.7. The van der Waals surface area contributed by atoms with Gasteiger partial charge in [0.15, 0.2) is 0 Å². The van der Waals surface area contributed by atoms with Crippen LogP contribution >= 0.6 is 0 Å². The molecule has 0 radical (unpaired) electrons. The van der Waals surface area contributed by atoms with Crippen LogP contribution in [0.2, 0.25) is 0 Å². The Bertz CT molecular complexity index is 944. The highest BCUT2D eigenvalue weighted by molar-refractivity contribution is 6.06. The average Bonchev–Trinajstić information content (AvgIpc) is 3.22. The van der Waals surface area contributed by atoms with E-state index in [0.717, 1.165) is 49.2 Å². The van der Waals surface area contributed by atoms with Gasteiger partial charge >= 0.3 is 0 Å². The average molecular weight is 377 g/mol. The number of anilines is 1. The molecule has 1 aliphatic heterocycles. The molecule has 1 aliphatic rings. The number of aromatic amines is 1. The van der Waals surface area contributed by atoms with E-state index in [2.05, 4.69) is 62.5 Å². The Morgan fingerprint density at radius 3 is 2.71 bits per heavy atom. The number of carbonyl (C=O) groups is 1. The lowest BCUT2D eigenvalue weighted by atomic mass is 10.0. The van der Waals surface area contributed by atoms with Crippen molar-refractivity contribution in [2.45, 2.75) is 25.4 Å². The van der Waals surface area contributed by atoms with Gasteiger partial charge in [-0.3, -0.25) is 9.69 Å². The largest absolute Gasteiger partial charge is 0.370 e. The summed E-state index contributed by atoms with van der Waals surface area (Å²) >= 11 is 0. The molecule has 0 saturated carbocycles. The molecule has 1 saturated heterocycles. The number of fused-ring (bicyclic) bond motifs is 1. The maximum absolute atomic E-state index is 12.4. The van der Waals surface area contributed by atoms with Crippen LogP contribution in [0.4, 0.5) is 5.69 Å². The Balaban J connectivity index is 1.52. The first kappa shape index (κ1) is 18.5. The Morgan fingerprint density at radius 1 is 1.25 bits per heavy atom. The van der Waals surface area contributed by atoms with Gasteiger partial charge in [0, 0.05) is 57.6 Å². The molecule has 1 amide bonds. The summed E-state index contributed by atoms with van der Waals surface area (Å²) in [4.78, 5) is 24.8. The molecule has 4 rings (SSSR count). The molecule has 1 aromatic carbocycles. The van der Waals surface area contributed by atoms with Crippen molar-refractivity contribution in [3.8, 4) is 0 Å². The molecule has 1 fully saturated rings. The van der Waals surface area contributed by atoms with E-state index in [1.165, 1.54) is 5.56 Å². The third kappa shape index (κ3) is 3.60. The van der Waals surface area contributed by atoms with Crippen LogP contribution < -0.4 is 10.2 Å². The molecule has 0 spiro atoms. The number of amides is 1. The molecule has 28 heavy (non-hydrogen) atoms. The van der Waals surface area contributed by atoms with Gasteiger partial charge in [-0.15, -0.1) is 0 Å². The molecule has 3 aromatic rings. The van der Waals surface area contributed by atoms with E-state index in [1.54, 1.807) is 13.2 Å². The lowest BCUT2D eigenvalue weighted by Crippen LogP contribution is -2.43.